The van der Waals surface area contributed by atoms with Gasteiger partial charge in [-0.25, -0.2) is 0 Å². The third kappa shape index (κ3) is 3.15. The van der Waals surface area contributed by atoms with Crippen LogP contribution in [0.2, 0.25) is 0 Å². The normalized spacial score (nSPS) is 18.8. The van der Waals surface area contributed by atoms with Gasteiger partial charge < -0.3 is 14.1 Å². The van der Waals surface area contributed by atoms with E-state index in [9.17, 15) is 4.79 Å². The molecule has 3 aliphatic rings. The first-order valence-electron chi connectivity index (χ1n) is 9.74. The first-order chi connectivity index (χ1) is 13.3. The minimum atomic E-state index is 0.0156. The molecule has 3 aromatic rings. The monoisotopic (exact) mass is 361 g/mol. The van der Waals surface area contributed by atoms with Crippen LogP contribution in [0.15, 0.2) is 63.4 Å². The molecule has 6 rings (SSSR count). The predicted octanol–water partition coefficient (Wildman–Crippen LogP) is 4.46. The van der Waals surface area contributed by atoms with Gasteiger partial charge in [0.15, 0.2) is 0 Å². The Labute approximate surface area is 158 Å². The van der Waals surface area contributed by atoms with Crippen LogP contribution in [-0.4, -0.2) is 24.6 Å². The molecule has 0 amide bonds. The minimum absolute atomic E-state index is 0.0156. The smallest absolute Gasteiger partial charge is 0.200 e. The van der Waals surface area contributed by atoms with Crippen LogP contribution in [0.1, 0.15) is 24.8 Å². The molecule has 0 radical (unpaired) electrons. The number of piperidine rings is 3. The molecule has 4 nitrogen and oxygen atoms in total. The summed E-state index contributed by atoms with van der Waals surface area (Å²) in [5.74, 6) is 0.871. The number of benzene rings is 2. The first kappa shape index (κ1) is 16.6. The van der Waals surface area contributed by atoms with E-state index in [2.05, 4.69) is 11.0 Å². The lowest BCUT2D eigenvalue weighted by Gasteiger charge is -2.42. The molecule has 0 spiro atoms. The van der Waals surface area contributed by atoms with E-state index in [4.69, 9.17) is 9.15 Å². The van der Waals surface area contributed by atoms with Gasteiger partial charge in [0.05, 0.1) is 24.0 Å². The third-order valence-corrected chi connectivity index (χ3v) is 5.86. The summed E-state index contributed by atoms with van der Waals surface area (Å²) in [7, 11) is 0. The second kappa shape index (κ2) is 6.86. The van der Waals surface area contributed by atoms with Gasteiger partial charge in [0.1, 0.15) is 11.2 Å². The van der Waals surface area contributed by atoms with Crippen LogP contribution in [0.25, 0.3) is 21.9 Å². The number of nitrogens with zero attached hydrogens (tertiary/aromatic N) is 1. The Hall–Kier alpha value is -2.59. The number of allylic oxidation sites excluding steroid dienone is 1. The molecule has 27 heavy (non-hydrogen) atoms. The van der Waals surface area contributed by atoms with Crippen molar-refractivity contribution in [2.24, 2.45) is 5.92 Å². The maximum absolute atomic E-state index is 12.7. The second-order valence-corrected chi connectivity index (χ2v) is 7.60. The molecule has 0 atom stereocenters. The molecule has 4 heteroatoms. The first-order valence-corrected chi connectivity index (χ1v) is 9.74. The van der Waals surface area contributed by atoms with Gasteiger partial charge in [-0.1, -0.05) is 18.2 Å². The zero-order valence-electron chi connectivity index (χ0n) is 15.3. The minimum Gasteiger partial charge on any atom is -0.456 e. The molecule has 0 N–H and O–H groups in total. The summed E-state index contributed by atoms with van der Waals surface area (Å²) in [6, 6.07) is 13.1. The van der Waals surface area contributed by atoms with Crippen molar-refractivity contribution in [1.82, 2.24) is 4.90 Å². The zero-order chi connectivity index (χ0) is 18.2. The van der Waals surface area contributed by atoms with Crippen molar-refractivity contribution >= 4 is 21.9 Å². The molecule has 1 aromatic heterocycles. The van der Waals surface area contributed by atoms with Gasteiger partial charge in [-0.2, -0.15) is 0 Å². The molecular formula is C23H23NO3. The van der Waals surface area contributed by atoms with Crippen molar-refractivity contribution < 1.29 is 9.15 Å². The van der Waals surface area contributed by atoms with Crippen LogP contribution in [-0.2, 0) is 11.3 Å². The van der Waals surface area contributed by atoms with E-state index in [0.717, 1.165) is 11.5 Å². The van der Waals surface area contributed by atoms with Gasteiger partial charge >= 0.3 is 0 Å². The van der Waals surface area contributed by atoms with E-state index >= 15 is 0 Å². The van der Waals surface area contributed by atoms with E-state index in [1.165, 1.54) is 38.0 Å². The Morgan fingerprint density at radius 1 is 1.07 bits per heavy atom. The molecule has 4 heterocycles. The molecular weight excluding hydrogens is 338 g/mol. The van der Waals surface area contributed by atoms with Crippen LogP contribution >= 0.6 is 0 Å². The van der Waals surface area contributed by atoms with E-state index in [1.54, 1.807) is 0 Å². The van der Waals surface area contributed by atoms with Crippen LogP contribution in [0.4, 0.5) is 0 Å². The summed E-state index contributed by atoms with van der Waals surface area (Å²) in [6.45, 7) is 3.51. The summed E-state index contributed by atoms with van der Waals surface area (Å²) >= 11 is 0. The second-order valence-electron chi connectivity index (χ2n) is 7.60. The summed E-state index contributed by atoms with van der Waals surface area (Å²) in [5, 5.41) is 1.23. The van der Waals surface area contributed by atoms with Gasteiger partial charge in [0, 0.05) is 18.8 Å². The van der Waals surface area contributed by atoms with Crippen molar-refractivity contribution in [1.29, 1.82) is 0 Å². The molecule has 0 unspecified atom stereocenters. The highest BCUT2D eigenvalue weighted by Crippen LogP contribution is 2.33. The number of hydrogen-bond donors (Lipinski definition) is 0. The van der Waals surface area contributed by atoms with E-state index < -0.39 is 0 Å². The highest BCUT2D eigenvalue weighted by atomic mass is 16.5. The maximum Gasteiger partial charge on any atom is 0.200 e. The predicted molar refractivity (Wildman–Crippen MR) is 107 cm³/mol. The lowest BCUT2D eigenvalue weighted by Crippen LogP contribution is -2.39. The van der Waals surface area contributed by atoms with E-state index in [-0.39, 0.29) is 5.43 Å². The Kier molecular flexibility index (Phi) is 4.21. The molecule has 3 aliphatic heterocycles. The van der Waals surface area contributed by atoms with Gasteiger partial charge in [-0.3, -0.25) is 4.79 Å². The molecule has 2 bridgehead atoms. The number of ether oxygens (including phenoxy) is 1. The van der Waals surface area contributed by atoms with Crippen LogP contribution in [0, 0.1) is 5.92 Å². The zero-order valence-corrected chi connectivity index (χ0v) is 15.3. The largest absolute Gasteiger partial charge is 0.456 e. The van der Waals surface area contributed by atoms with Crippen LogP contribution in [0.3, 0.4) is 0 Å². The summed E-state index contributed by atoms with van der Waals surface area (Å²) in [4.78, 5) is 15.2. The summed E-state index contributed by atoms with van der Waals surface area (Å²) in [6.07, 6.45) is 6.11. The Morgan fingerprint density at radius 2 is 1.89 bits per heavy atom. The highest BCUT2D eigenvalue weighted by molar-refractivity contribution is 5.89. The third-order valence-electron chi connectivity index (χ3n) is 5.86. The summed E-state index contributed by atoms with van der Waals surface area (Å²) < 4.78 is 11.7. The van der Waals surface area contributed by atoms with E-state index in [0.29, 0.717) is 35.2 Å². The van der Waals surface area contributed by atoms with Gasteiger partial charge in [0.25, 0.3) is 0 Å². The molecule has 2 aromatic carbocycles. The standard InChI is InChI=1S/C23H23NO3/c25-23-19-3-1-2-4-21(19)27-22-6-5-17(14-20(22)23)15-26-12-9-18-13-16-7-10-24(18)11-8-16/h1-6,9,14,16H,7-8,10-13,15H2. The number of hydrogen-bond acceptors (Lipinski definition) is 4. The van der Waals surface area contributed by atoms with Gasteiger partial charge in [0.2, 0.25) is 5.43 Å². The number of fused-ring (bicyclic) bond motifs is 5. The lowest BCUT2D eigenvalue weighted by atomic mass is 9.86. The molecule has 3 saturated heterocycles. The lowest BCUT2D eigenvalue weighted by molar-refractivity contribution is 0.135. The average Bonchev–Trinajstić information content (AvgIpc) is 2.73. The topological polar surface area (TPSA) is 42.7 Å². The van der Waals surface area contributed by atoms with Crippen molar-refractivity contribution in [3.05, 3.63) is 70.0 Å². The van der Waals surface area contributed by atoms with Crippen molar-refractivity contribution in [2.75, 3.05) is 19.7 Å². The fourth-order valence-electron chi connectivity index (χ4n) is 4.33. The molecule has 3 fully saturated rings. The van der Waals surface area contributed by atoms with Crippen LogP contribution < -0.4 is 5.43 Å². The number of rotatable bonds is 4. The van der Waals surface area contributed by atoms with Crippen LogP contribution in [0.5, 0.6) is 0 Å². The average molecular weight is 361 g/mol. The van der Waals surface area contributed by atoms with Crippen molar-refractivity contribution in [2.45, 2.75) is 25.9 Å². The SMILES string of the molecule is O=c1c2ccccc2oc2ccc(COCC=C3CC4CCN3CC4)cc12. The Morgan fingerprint density at radius 3 is 2.70 bits per heavy atom. The molecule has 138 valence electrons. The fraction of sp³-hybridized carbons (Fsp3) is 0.348. The van der Waals surface area contributed by atoms with Crippen molar-refractivity contribution in [3.63, 3.8) is 0 Å². The van der Waals surface area contributed by atoms with Crippen molar-refractivity contribution in [3.8, 4) is 0 Å². The summed E-state index contributed by atoms with van der Waals surface area (Å²) in [5.41, 5.74) is 3.71. The molecule has 0 saturated carbocycles. The highest BCUT2D eigenvalue weighted by Gasteiger charge is 2.28. The van der Waals surface area contributed by atoms with Gasteiger partial charge in [-0.05, 0) is 61.1 Å². The van der Waals surface area contributed by atoms with Gasteiger partial charge in [-0.15, -0.1) is 0 Å². The molecule has 0 aliphatic carbocycles. The number of para-hydroxylation sites is 1. The quantitative estimate of drug-likeness (QED) is 0.508. The maximum atomic E-state index is 12.7. The fourth-order valence-corrected chi connectivity index (χ4v) is 4.33. The Bertz CT molecular complexity index is 1070. The van der Waals surface area contributed by atoms with E-state index in [1.807, 2.05) is 42.5 Å². The Balaban J connectivity index is 1.31.